The minimum absolute atomic E-state index is 0.00754. The number of aromatic nitrogens is 4. The largest absolute Gasteiger partial charge is 0.505 e. The predicted molar refractivity (Wildman–Crippen MR) is 71.8 cm³/mol. The fourth-order valence-corrected chi connectivity index (χ4v) is 1.92. The third-order valence-corrected chi connectivity index (χ3v) is 2.94. The molecule has 3 aromatic rings. The Bertz CT molecular complexity index is 739. The second kappa shape index (κ2) is 5.08. The molecule has 0 saturated heterocycles. The highest BCUT2D eigenvalue weighted by atomic mass is 16.5. The molecule has 20 heavy (non-hydrogen) atoms. The van der Waals surface area contributed by atoms with Crippen LogP contribution in [-0.4, -0.2) is 25.2 Å². The van der Waals surface area contributed by atoms with Crippen LogP contribution in [0.3, 0.4) is 0 Å². The molecule has 1 N–H and O–H groups in total. The van der Waals surface area contributed by atoms with E-state index >= 15 is 0 Å². The van der Waals surface area contributed by atoms with Gasteiger partial charge in [0.1, 0.15) is 5.75 Å². The van der Waals surface area contributed by atoms with Crippen molar-refractivity contribution in [2.24, 2.45) is 0 Å². The summed E-state index contributed by atoms with van der Waals surface area (Å²) in [7, 11) is 0. The van der Waals surface area contributed by atoms with Crippen LogP contribution in [0.1, 0.15) is 12.5 Å². The summed E-state index contributed by atoms with van der Waals surface area (Å²) in [4.78, 5) is 12.4. The Balaban J connectivity index is 2.05. The Morgan fingerprint density at radius 3 is 2.95 bits per heavy atom. The lowest BCUT2D eigenvalue weighted by Crippen LogP contribution is -1.90. The van der Waals surface area contributed by atoms with E-state index in [2.05, 4.69) is 20.1 Å². The Morgan fingerprint density at radius 2 is 2.15 bits per heavy atom. The molecule has 0 fully saturated rings. The molecule has 0 spiro atoms. The van der Waals surface area contributed by atoms with Crippen molar-refractivity contribution in [1.29, 1.82) is 0 Å². The van der Waals surface area contributed by atoms with Crippen molar-refractivity contribution in [2.75, 3.05) is 0 Å². The van der Waals surface area contributed by atoms with Crippen LogP contribution >= 0.6 is 0 Å². The van der Waals surface area contributed by atoms with Gasteiger partial charge in [-0.1, -0.05) is 12.1 Å². The zero-order valence-corrected chi connectivity index (χ0v) is 10.8. The molecule has 0 bridgehead atoms. The van der Waals surface area contributed by atoms with Gasteiger partial charge >= 0.3 is 0 Å². The number of pyridine rings is 2. The Kier molecular flexibility index (Phi) is 3.12. The summed E-state index contributed by atoms with van der Waals surface area (Å²) >= 11 is 0. The Morgan fingerprint density at radius 1 is 1.25 bits per heavy atom. The van der Waals surface area contributed by atoms with E-state index in [-0.39, 0.29) is 17.3 Å². The zero-order chi connectivity index (χ0) is 13.9. The zero-order valence-electron chi connectivity index (χ0n) is 10.8. The highest BCUT2D eigenvalue weighted by Gasteiger charge is 2.16. The van der Waals surface area contributed by atoms with Crippen LogP contribution < -0.4 is 0 Å². The minimum Gasteiger partial charge on any atom is -0.505 e. The molecular weight excluding hydrogens is 256 g/mol. The van der Waals surface area contributed by atoms with E-state index in [1.165, 1.54) is 6.07 Å². The van der Waals surface area contributed by atoms with E-state index in [1.807, 2.05) is 13.0 Å². The van der Waals surface area contributed by atoms with Gasteiger partial charge in [0.2, 0.25) is 5.82 Å². The summed E-state index contributed by atoms with van der Waals surface area (Å²) in [6.07, 6.45) is 5.84. The molecule has 0 aliphatic carbocycles. The molecule has 3 rings (SSSR count). The van der Waals surface area contributed by atoms with E-state index in [9.17, 15) is 5.11 Å². The fraction of sp³-hybridized carbons (Fsp3) is 0.143. The smallest absolute Gasteiger partial charge is 0.280 e. The van der Waals surface area contributed by atoms with Crippen LogP contribution in [0.25, 0.3) is 23.0 Å². The lowest BCUT2D eigenvalue weighted by atomic mass is 10.1. The van der Waals surface area contributed by atoms with Gasteiger partial charge < -0.3 is 9.63 Å². The van der Waals surface area contributed by atoms with Gasteiger partial charge in [0.05, 0.1) is 0 Å². The molecule has 0 aromatic carbocycles. The summed E-state index contributed by atoms with van der Waals surface area (Å²) in [5.41, 5.74) is 2.18. The van der Waals surface area contributed by atoms with E-state index in [0.717, 1.165) is 17.5 Å². The molecule has 3 aromatic heterocycles. The first-order valence-electron chi connectivity index (χ1n) is 6.21. The number of rotatable bonds is 3. The number of nitrogens with zero attached hydrogens (tertiary/aromatic N) is 4. The van der Waals surface area contributed by atoms with E-state index in [1.54, 1.807) is 24.7 Å². The van der Waals surface area contributed by atoms with Crippen molar-refractivity contribution in [1.82, 2.24) is 20.1 Å². The van der Waals surface area contributed by atoms with Crippen molar-refractivity contribution in [3.63, 3.8) is 0 Å². The van der Waals surface area contributed by atoms with Gasteiger partial charge in [-0.3, -0.25) is 4.98 Å². The highest BCUT2D eigenvalue weighted by molar-refractivity contribution is 5.63. The molecule has 0 saturated carbocycles. The fourth-order valence-electron chi connectivity index (χ4n) is 1.92. The van der Waals surface area contributed by atoms with E-state index in [4.69, 9.17) is 4.52 Å². The molecular formula is C14H12N4O2. The molecule has 0 radical (unpaired) electrons. The van der Waals surface area contributed by atoms with Gasteiger partial charge in [-0.2, -0.15) is 4.98 Å². The van der Waals surface area contributed by atoms with E-state index < -0.39 is 0 Å². The van der Waals surface area contributed by atoms with Crippen molar-refractivity contribution < 1.29 is 9.63 Å². The monoisotopic (exact) mass is 268 g/mol. The van der Waals surface area contributed by atoms with Gasteiger partial charge in [0, 0.05) is 24.2 Å². The van der Waals surface area contributed by atoms with Crippen molar-refractivity contribution in [3.8, 4) is 28.7 Å². The third kappa shape index (κ3) is 2.11. The first kappa shape index (κ1) is 12.3. The third-order valence-electron chi connectivity index (χ3n) is 2.94. The molecule has 100 valence electrons. The average Bonchev–Trinajstić information content (AvgIpc) is 2.97. The second-order valence-electron chi connectivity index (χ2n) is 4.18. The van der Waals surface area contributed by atoms with Crippen molar-refractivity contribution >= 4 is 0 Å². The molecule has 6 nitrogen and oxygen atoms in total. The van der Waals surface area contributed by atoms with Gasteiger partial charge in [-0.05, 0) is 30.2 Å². The first-order valence-corrected chi connectivity index (χ1v) is 6.21. The normalized spacial score (nSPS) is 10.7. The van der Waals surface area contributed by atoms with Crippen LogP contribution in [0, 0.1) is 0 Å². The number of hydrogen-bond donors (Lipinski definition) is 1. The van der Waals surface area contributed by atoms with E-state index in [0.29, 0.717) is 5.82 Å². The standard InChI is InChI=1S/C14H12N4O2/c1-2-9-8-15-7-5-10(9)13-17-14(20-18-13)12-11(19)4-3-6-16-12/h3-8,19H,2H2,1H3. The van der Waals surface area contributed by atoms with Crippen LogP contribution in [-0.2, 0) is 6.42 Å². The van der Waals surface area contributed by atoms with Gasteiger partial charge in [0.15, 0.2) is 5.69 Å². The lowest BCUT2D eigenvalue weighted by molar-refractivity contribution is 0.423. The lowest BCUT2D eigenvalue weighted by Gasteiger charge is -2.01. The molecule has 0 aliphatic rings. The number of aryl methyl sites for hydroxylation is 1. The summed E-state index contributed by atoms with van der Waals surface area (Å²) in [6.45, 7) is 2.03. The highest BCUT2D eigenvalue weighted by Crippen LogP contribution is 2.27. The summed E-state index contributed by atoms with van der Waals surface area (Å²) in [5.74, 6) is 0.661. The molecule has 6 heteroatoms. The average molecular weight is 268 g/mol. The Hall–Kier alpha value is -2.76. The maximum absolute atomic E-state index is 9.74. The maximum Gasteiger partial charge on any atom is 0.280 e. The Labute approximate surface area is 115 Å². The van der Waals surface area contributed by atoms with Gasteiger partial charge in [0.25, 0.3) is 5.89 Å². The SMILES string of the molecule is CCc1cnccc1-c1noc(-c2ncccc2O)n1. The molecule has 0 unspecified atom stereocenters. The van der Waals surface area contributed by atoms with Crippen LogP contribution in [0.5, 0.6) is 5.75 Å². The maximum atomic E-state index is 9.74. The van der Waals surface area contributed by atoms with Crippen molar-refractivity contribution in [2.45, 2.75) is 13.3 Å². The molecule has 0 aliphatic heterocycles. The van der Waals surface area contributed by atoms with Crippen molar-refractivity contribution in [3.05, 3.63) is 42.4 Å². The number of hydrogen-bond acceptors (Lipinski definition) is 6. The quantitative estimate of drug-likeness (QED) is 0.785. The second-order valence-corrected chi connectivity index (χ2v) is 4.18. The summed E-state index contributed by atoms with van der Waals surface area (Å²) < 4.78 is 5.18. The predicted octanol–water partition coefficient (Wildman–Crippen LogP) is 2.46. The van der Waals surface area contributed by atoms with Crippen LogP contribution in [0.4, 0.5) is 0 Å². The van der Waals surface area contributed by atoms with Gasteiger partial charge in [-0.25, -0.2) is 4.98 Å². The molecule has 0 amide bonds. The topological polar surface area (TPSA) is 84.9 Å². The number of aromatic hydroxyl groups is 1. The van der Waals surface area contributed by atoms with Crippen LogP contribution in [0.2, 0.25) is 0 Å². The minimum atomic E-state index is 0.00754. The molecule has 3 heterocycles. The van der Waals surface area contributed by atoms with Crippen LogP contribution in [0.15, 0.2) is 41.3 Å². The first-order chi connectivity index (χ1) is 9.79. The van der Waals surface area contributed by atoms with Gasteiger partial charge in [-0.15, -0.1) is 0 Å². The molecule has 0 atom stereocenters. The summed E-state index contributed by atoms with van der Waals surface area (Å²) in [5, 5.41) is 13.7. The summed E-state index contributed by atoms with van der Waals surface area (Å²) in [6, 6.07) is 5.00.